The minimum atomic E-state index is -0.802. The zero-order valence-electron chi connectivity index (χ0n) is 10.4. The Balaban J connectivity index is 2.51. The van der Waals surface area contributed by atoms with Gasteiger partial charge in [0.1, 0.15) is 0 Å². The minimum absolute atomic E-state index is 0.0508. The average molecular weight is 237 g/mol. The lowest BCUT2D eigenvalue weighted by atomic mass is 9.87. The smallest absolute Gasteiger partial charge is 0.223 e. The fourth-order valence-electron chi connectivity index (χ4n) is 1.83. The van der Waals surface area contributed by atoms with Gasteiger partial charge in [-0.05, 0) is 12.8 Å². The highest BCUT2D eigenvalue weighted by atomic mass is 16.2. The van der Waals surface area contributed by atoms with E-state index in [1.165, 1.54) is 0 Å². The van der Waals surface area contributed by atoms with Crippen LogP contribution in [-0.2, 0) is 9.59 Å². The van der Waals surface area contributed by atoms with Crippen LogP contribution >= 0.6 is 0 Å². The molecule has 0 aromatic carbocycles. The second kappa shape index (κ2) is 5.17. The molecule has 1 heterocycles. The van der Waals surface area contributed by atoms with Gasteiger partial charge in [0.25, 0.3) is 0 Å². The van der Waals surface area contributed by atoms with Crippen LogP contribution in [0.5, 0.6) is 0 Å². The summed E-state index contributed by atoms with van der Waals surface area (Å²) >= 11 is 0. The van der Waals surface area contributed by atoms with E-state index in [9.17, 15) is 9.59 Å². The number of nitrogens with zero attached hydrogens (tertiary/aromatic N) is 2. The lowest BCUT2D eigenvalue weighted by molar-refractivity contribution is -0.139. The average Bonchev–Trinajstić information content (AvgIpc) is 2.28. The molecule has 1 rings (SSSR count). The van der Waals surface area contributed by atoms with E-state index >= 15 is 0 Å². The monoisotopic (exact) mass is 237 g/mol. The molecule has 17 heavy (non-hydrogen) atoms. The SMILES string of the molecule is CC(C)(CC(=O)N1CCC(C#N)CC1)C(N)=O. The predicted octanol–water partition coefficient (Wildman–Crippen LogP) is 0.650. The van der Waals surface area contributed by atoms with E-state index in [0.717, 1.165) is 12.8 Å². The number of nitriles is 1. The summed E-state index contributed by atoms with van der Waals surface area (Å²) in [6.45, 7) is 4.56. The first kappa shape index (κ1) is 13.5. The Morgan fingerprint density at radius 3 is 2.35 bits per heavy atom. The molecule has 1 saturated heterocycles. The molecule has 0 unspecified atom stereocenters. The highest BCUT2D eigenvalue weighted by molar-refractivity contribution is 5.87. The molecular weight excluding hydrogens is 218 g/mol. The van der Waals surface area contributed by atoms with Crippen LogP contribution in [0.15, 0.2) is 0 Å². The van der Waals surface area contributed by atoms with Gasteiger partial charge in [0.15, 0.2) is 0 Å². The molecule has 5 heteroatoms. The molecule has 5 nitrogen and oxygen atoms in total. The summed E-state index contributed by atoms with van der Waals surface area (Å²) in [7, 11) is 0. The van der Waals surface area contributed by atoms with Crippen LogP contribution in [0.25, 0.3) is 0 Å². The fraction of sp³-hybridized carbons (Fsp3) is 0.750. The summed E-state index contributed by atoms with van der Waals surface area (Å²) in [6, 6.07) is 2.22. The molecule has 0 radical (unpaired) electrons. The van der Waals surface area contributed by atoms with E-state index in [4.69, 9.17) is 11.0 Å². The van der Waals surface area contributed by atoms with Crippen LogP contribution in [0, 0.1) is 22.7 Å². The minimum Gasteiger partial charge on any atom is -0.369 e. The topological polar surface area (TPSA) is 87.2 Å². The molecule has 2 N–H and O–H groups in total. The molecule has 1 aliphatic rings. The van der Waals surface area contributed by atoms with E-state index in [1.54, 1.807) is 18.7 Å². The maximum Gasteiger partial charge on any atom is 0.223 e. The van der Waals surface area contributed by atoms with Crippen molar-refractivity contribution in [3.63, 3.8) is 0 Å². The predicted molar refractivity (Wildman–Crippen MR) is 62.5 cm³/mol. The van der Waals surface area contributed by atoms with Gasteiger partial charge >= 0.3 is 0 Å². The Bertz CT molecular complexity index is 349. The summed E-state index contributed by atoms with van der Waals surface area (Å²) in [4.78, 5) is 24.8. The summed E-state index contributed by atoms with van der Waals surface area (Å²) in [6.07, 6.45) is 1.58. The van der Waals surface area contributed by atoms with E-state index in [1.807, 2.05) is 0 Å². The van der Waals surface area contributed by atoms with Crippen LogP contribution in [-0.4, -0.2) is 29.8 Å². The number of carbonyl (C=O) groups is 2. The standard InChI is InChI=1S/C12H19N3O2/c1-12(2,11(14)17)7-10(16)15-5-3-9(8-13)4-6-15/h9H,3-7H2,1-2H3,(H2,14,17). The Morgan fingerprint density at radius 2 is 1.94 bits per heavy atom. The molecule has 0 spiro atoms. The van der Waals surface area contributed by atoms with Crippen molar-refractivity contribution in [3.05, 3.63) is 0 Å². The number of rotatable bonds is 3. The van der Waals surface area contributed by atoms with Gasteiger partial charge in [0.2, 0.25) is 11.8 Å². The lowest BCUT2D eigenvalue weighted by Gasteiger charge is -2.31. The third-order valence-electron chi connectivity index (χ3n) is 3.29. The number of amides is 2. The molecule has 1 aliphatic heterocycles. The molecule has 0 saturated carbocycles. The van der Waals surface area contributed by atoms with Gasteiger partial charge in [-0.15, -0.1) is 0 Å². The van der Waals surface area contributed by atoms with E-state index in [2.05, 4.69) is 6.07 Å². The summed E-state index contributed by atoms with van der Waals surface area (Å²) in [5.74, 6) is -0.453. The first-order valence-electron chi connectivity index (χ1n) is 5.84. The molecule has 0 aromatic rings. The highest BCUT2D eigenvalue weighted by Gasteiger charge is 2.31. The number of carbonyl (C=O) groups excluding carboxylic acids is 2. The molecular formula is C12H19N3O2. The number of piperidine rings is 1. The maximum absolute atomic E-state index is 11.9. The van der Waals surface area contributed by atoms with Crippen molar-refractivity contribution < 1.29 is 9.59 Å². The van der Waals surface area contributed by atoms with Crippen molar-refractivity contribution in [2.24, 2.45) is 17.1 Å². The zero-order valence-corrected chi connectivity index (χ0v) is 10.4. The molecule has 0 atom stereocenters. The number of hydrogen-bond donors (Lipinski definition) is 1. The Morgan fingerprint density at radius 1 is 1.41 bits per heavy atom. The quantitative estimate of drug-likeness (QED) is 0.781. The second-order valence-electron chi connectivity index (χ2n) is 5.21. The van der Waals surface area contributed by atoms with Gasteiger partial charge in [-0.2, -0.15) is 5.26 Å². The first-order valence-corrected chi connectivity index (χ1v) is 5.84. The maximum atomic E-state index is 11.9. The van der Waals surface area contributed by atoms with Gasteiger partial charge in [0, 0.05) is 25.4 Å². The molecule has 0 aliphatic carbocycles. The largest absolute Gasteiger partial charge is 0.369 e. The Hall–Kier alpha value is -1.57. The van der Waals surface area contributed by atoms with Crippen LogP contribution in [0.1, 0.15) is 33.1 Å². The number of hydrogen-bond acceptors (Lipinski definition) is 3. The van der Waals surface area contributed by atoms with Crippen molar-refractivity contribution >= 4 is 11.8 Å². The van der Waals surface area contributed by atoms with Crippen molar-refractivity contribution in [3.8, 4) is 6.07 Å². The van der Waals surface area contributed by atoms with E-state index < -0.39 is 11.3 Å². The van der Waals surface area contributed by atoms with Gasteiger partial charge in [-0.25, -0.2) is 0 Å². The number of primary amides is 1. The third kappa shape index (κ3) is 3.45. The lowest BCUT2D eigenvalue weighted by Crippen LogP contribution is -2.42. The number of nitrogens with two attached hydrogens (primary N) is 1. The second-order valence-corrected chi connectivity index (χ2v) is 5.21. The highest BCUT2D eigenvalue weighted by Crippen LogP contribution is 2.23. The van der Waals surface area contributed by atoms with Gasteiger partial charge in [-0.1, -0.05) is 13.8 Å². The van der Waals surface area contributed by atoms with Crippen molar-refractivity contribution in [1.29, 1.82) is 5.26 Å². The molecule has 0 bridgehead atoms. The van der Waals surface area contributed by atoms with Crippen molar-refractivity contribution in [1.82, 2.24) is 4.90 Å². The zero-order chi connectivity index (χ0) is 13.1. The first-order chi connectivity index (χ1) is 7.86. The van der Waals surface area contributed by atoms with Crippen molar-refractivity contribution in [2.45, 2.75) is 33.1 Å². The molecule has 1 fully saturated rings. The van der Waals surface area contributed by atoms with Crippen LogP contribution in [0.3, 0.4) is 0 Å². The summed E-state index contributed by atoms with van der Waals surface area (Å²) < 4.78 is 0. The molecule has 0 aromatic heterocycles. The molecule has 2 amide bonds. The van der Waals surface area contributed by atoms with Gasteiger partial charge in [0.05, 0.1) is 11.5 Å². The third-order valence-corrected chi connectivity index (χ3v) is 3.29. The molecule has 94 valence electrons. The van der Waals surface area contributed by atoms with Gasteiger partial charge < -0.3 is 10.6 Å². The normalized spacial score (nSPS) is 17.6. The Kier molecular flexibility index (Phi) is 4.11. The fourth-order valence-corrected chi connectivity index (χ4v) is 1.83. The van der Waals surface area contributed by atoms with Gasteiger partial charge in [-0.3, -0.25) is 9.59 Å². The van der Waals surface area contributed by atoms with E-state index in [-0.39, 0.29) is 18.2 Å². The summed E-state index contributed by atoms with van der Waals surface area (Å²) in [5.41, 5.74) is 4.44. The Labute approximate surface area is 102 Å². The summed E-state index contributed by atoms with van der Waals surface area (Å²) in [5, 5.41) is 8.76. The van der Waals surface area contributed by atoms with Crippen LogP contribution < -0.4 is 5.73 Å². The van der Waals surface area contributed by atoms with Crippen LogP contribution in [0.4, 0.5) is 0 Å². The number of likely N-dealkylation sites (tertiary alicyclic amines) is 1. The van der Waals surface area contributed by atoms with E-state index in [0.29, 0.717) is 13.1 Å². The van der Waals surface area contributed by atoms with Crippen LogP contribution in [0.2, 0.25) is 0 Å². The van der Waals surface area contributed by atoms with Crippen molar-refractivity contribution in [2.75, 3.05) is 13.1 Å².